The van der Waals surface area contributed by atoms with Crippen LogP contribution in [0.15, 0.2) is 23.1 Å². The molecule has 0 spiro atoms. The maximum absolute atomic E-state index is 12.0. The number of methoxy groups -OCH3 is 2. The van der Waals surface area contributed by atoms with Crippen LogP contribution >= 0.6 is 23.2 Å². The molecule has 0 aliphatic rings. The number of sulfonamides is 1. The van der Waals surface area contributed by atoms with E-state index in [-0.39, 0.29) is 21.5 Å². The van der Waals surface area contributed by atoms with Crippen LogP contribution in [0.5, 0.6) is 0 Å². The predicted octanol–water partition coefficient (Wildman–Crippen LogP) is 1.89. The van der Waals surface area contributed by atoms with Crippen molar-refractivity contribution in [2.24, 2.45) is 0 Å². The van der Waals surface area contributed by atoms with E-state index in [0.29, 0.717) is 0 Å². The second-order valence-electron chi connectivity index (χ2n) is 3.33. The molecule has 0 unspecified atom stereocenters. The Balaban J connectivity index is 2.89. The van der Waals surface area contributed by atoms with Gasteiger partial charge in [-0.05, 0) is 18.2 Å². The minimum absolute atomic E-state index is 0.0296. The Morgan fingerprint density at radius 1 is 1.28 bits per heavy atom. The molecule has 0 amide bonds. The summed E-state index contributed by atoms with van der Waals surface area (Å²) >= 11 is 11.6. The quantitative estimate of drug-likeness (QED) is 0.815. The van der Waals surface area contributed by atoms with E-state index in [2.05, 4.69) is 4.72 Å². The van der Waals surface area contributed by atoms with Crippen LogP contribution in [0.2, 0.25) is 10.0 Å². The molecule has 0 bridgehead atoms. The highest BCUT2D eigenvalue weighted by molar-refractivity contribution is 7.89. The molecule has 1 aromatic carbocycles. The van der Waals surface area contributed by atoms with E-state index in [1.807, 2.05) is 0 Å². The number of hydrogen-bond acceptors (Lipinski definition) is 4. The smallest absolute Gasteiger partial charge is 0.242 e. The number of ether oxygens (including phenoxy) is 2. The largest absolute Gasteiger partial charge is 0.355 e. The lowest BCUT2D eigenvalue weighted by atomic mass is 10.4. The van der Waals surface area contributed by atoms with E-state index >= 15 is 0 Å². The van der Waals surface area contributed by atoms with Crippen molar-refractivity contribution in [2.45, 2.75) is 11.2 Å². The Morgan fingerprint density at radius 3 is 2.44 bits per heavy atom. The van der Waals surface area contributed by atoms with E-state index in [0.717, 1.165) is 0 Å². The summed E-state index contributed by atoms with van der Waals surface area (Å²) in [5, 5.41) is 0.382. The molecule has 1 rings (SSSR count). The van der Waals surface area contributed by atoms with Crippen molar-refractivity contribution in [1.82, 2.24) is 4.72 Å². The SMILES string of the molecule is COC(CNS(=O)(=O)c1cc(Cl)ccc1Cl)OC. The Kier molecular flexibility index (Phi) is 5.84. The van der Waals surface area contributed by atoms with Crippen molar-refractivity contribution in [3.63, 3.8) is 0 Å². The summed E-state index contributed by atoms with van der Waals surface area (Å²) in [5.74, 6) is 0. The Labute approximate surface area is 116 Å². The van der Waals surface area contributed by atoms with Gasteiger partial charge in [0, 0.05) is 19.2 Å². The van der Waals surface area contributed by atoms with Gasteiger partial charge in [-0.3, -0.25) is 0 Å². The van der Waals surface area contributed by atoms with Crippen molar-refractivity contribution in [3.8, 4) is 0 Å². The third-order valence-electron chi connectivity index (χ3n) is 2.15. The van der Waals surface area contributed by atoms with Crippen LogP contribution in [-0.2, 0) is 19.5 Å². The topological polar surface area (TPSA) is 64.6 Å². The second-order valence-corrected chi connectivity index (χ2v) is 5.91. The van der Waals surface area contributed by atoms with Crippen LogP contribution in [-0.4, -0.2) is 35.5 Å². The molecule has 102 valence electrons. The molecule has 0 heterocycles. The van der Waals surface area contributed by atoms with E-state index in [1.165, 1.54) is 32.4 Å². The van der Waals surface area contributed by atoms with E-state index in [1.54, 1.807) is 0 Å². The monoisotopic (exact) mass is 313 g/mol. The molecule has 8 heteroatoms. The summed E-state index contributed by atoms with van der Waals surface area (Å²) in [7, 11) is -0.932. The first kappa shape index (κ1) is 15.7. The fourth-order valence-corrected chi connectivity index (χ4v) is 2.98. The zero-order valence-corrected chi connectivity index (χ0v) is 12.1. The highest BCUT2D eigenvalue weighted by Crippen LogP contribution is 2.24. The maximum atomic E-state index is 12.0. The standard InChI is InChI=1S/C10H13Cl2NO4S/c1-16-10(17-2)6-13-18(14,15)9-5-7(11)3-4-8(9)12/h3-5,10,13H,6H2,1-2H3. The second kappa shape index (κ2) is 6.70. The van der Waals surface area contributed by atoms with Crippen molar-refractivity contribution in [3.05, 3.63) is 28.2 Å². The third-order valence-corrected chi connectivity index (χ3v) is 4.29. The molecule has 0 saturated carbocycles. The summed E-state index contributed by atoms with van der Waals surface area (Å²) in [6.07, 6.45) is -0.669. The zero-order chi connectivity index (χ0) is 13.8. The molecule has 1 N–H and O–H groups in total. The maximum Gasteiger partial charge on any atom is 0.242 e. The summed E-state index contributed by atoms with van der Waals surface area (Å²) in [6.45, 7) is -0.0296. The fourth-order valence-electron chi connectivity index (χ4n) is 1.20. The number of halogens is 2. The minimum atomic E-state index is -3.76. The molecule has 5 nitrogen and oxygen atoms in total. The number of rotatable bonds is 6. The van der Waals surface area contributed by atoms with Crippen molar-refractivity contribution >= 4 is 33.2 Å². The Hall–Kier alpha value is -0.370. The average Bonchev–Trinajstić information content (AvgIpc) is 2.33. The fraction of sp³-hybridized carbons (Fsp3) is 0.400. The molecular formula is C10H13Cl2NO4S. The van der Waals surface area contributed by atoms with Crippen LogP contribution in [0.25, 0.3) is 0 Å². The number of nitrogens with one attached hydrogen (secondary N) is 1. The molecule has 18 heavy (non-hydrogen) atoms. The summed E-state index contributed by atoms with van der Waals surface area (Å²) in [6, 6.07) is 4.21. The van der Waals surface area contributed by atoms with Crippen LogP contribution in [0.1, 0.15) is 0 Å². The van der Waals surface area contributed by atoms with Crippen molar-refractivity contribution in [1.29, 1.82) is 0 Å². The van der Waals surface area contributed by atoms with Gasteiger partial charge in [-0.1, -0.05) is 23.2 Å². The normalized spacial score (nSPS) is 12.1. The van der Waals surface area contributed by atoms with Gasteiger partial charge >= 0.3 is 0 Å². The van der Waals surface area contributed by atoms with Gasteiger partial charge in [-0.2, -0.15) is 0 Å². The van der Waals surface area contributed by atoms with Crippen LogP contribution in [0.3, 0.4) is 0 Å². The first-order valence-electron chi connectivity index (χ1n) is 4.91. The lowest BCUT2D eigenvalue weighted by Crippen LogP contribution is -2.34. The first-order valence-corrected chi connectivity index (χ1v) is 7.15. The Morgan fingerprint density at radius 2 is 1.89 bits per heavy atom. The van der Waals surface area contributed by atoms with Gasteiger partial charge in [0.15, 0.2) is 6.29 Å². The number of benzene rings is 1. The third kappa shape index (κ3) is 4.08. The Bertz CT molecular complexity index is 503. The predicted molar refractivity (Wildman–Crippen MR) is 69.5 cm³/mol. The summed E-state index contributed by atoms with van der Waals surface area (Å²) in [5.41, 5.74) is 0. The molecule has 0 atom stereocenters. The minimum Gasteiger partial charge on any atom is -0.355 e. The molecule has 0 radical (unpaired) electrons. The molecule has 0 fully saturated rings. The molecular weight excluding hydrogens is 301 g/mol. The molecule has 1 aromatic rings. The van der Waals surface area contributed by atoms with E-state index in [4.69, 9.17) is 32.7 Å². The highest BCUT2D eigenvalue weighted by Gasteiger charge is 2.19. The lowest BCUT2D eigenvalue weighted by Gasteiger charge is -2.14. The van der Waals surface area contributed by atoms with Crippen molar-refractivity contribution in [2.75, 3.05) is 20.8 Å². The van der Waals surface area contributed by atoms with Gasteiger partial charge in [0.25, 0.3) is 0 Å². The molecule has 0 saturated heterocycles. The van der Waals surface area contributed by atoms with Gasteiger partial charge in [-0.15, -0.1) is 0 Å². The van der Waals surface area contributed by atoms with Gasteiger partial charge in [0.05, 0.1) is 11.6 Å². The highest BCUT2D eigenvalue weighted by atomic mass is 35.5. The average molecular weight is 314 g/mol. The zero-order valence-electron chi connectivity index (χ0n) is 9.81. The van der Waals surface area contributed by atoms with E-state index < -0.39 is 16.3 Å². The molecule has 0 aliphatic carbocycles. The van der Waals surface area contributed by atoms with Gasteiger partial charge in [0.2, 0.25) is 10.0 Å². The van der Waals surface area contributed by atoms with Crippen molar-refractivity contribution < 1.29 is 17.9 Å². The van der Waals surface area contributed by atoms with Gasteiger partial charge in [-0.25, -0.2) is 13.1 Å². The molecule has 0 aliphatic heterocycles. The van der Waals surface area contributed by atoms with Gasteiger partial charge in [0.1, 0.15) is 4.90 Å². The number of hydrogen-bond donors (Lipinski definition) is 1. The summed E-state index contributed by atoms with van der Waals surface area (Å²) in [4.78, 5) is -0.0809. The van der Waals surface area contributed by atoms with Gasteiger partial charge < -0.3 is 9.47 Å². The van der Waals surface area contributed by atoms with Crippen LogP contribution in [0.4, 0.5) is 0 Å². The summed E-state index contributed by atoms with van der Waals surface area (Å²) < 4.78 is 36.0. The molecule has 0 aromatic heterocycles. The van der Waals surface area contributed by atoms with Crippen LogP contribution in [0, 0.1) is 0 Å². The first-order chi connectivity index (χ1) is 8.40. The lowest BCUT2D eigenvalue weighted by molar-refractivity contribution is -0.0960. The van der Waals surface area contributed by atoms with E-state index in [9.17, 15) is 8.42 Å². The van der Waals surface area contributed by atoms with Crippen LogP contribution < -0.4 is 4.72 Å².